The maximum Gasteiger partial charge on any atom is 0.257 e. The SMILES string of the molecule is Cc1ccc(Oc2ccc(OCC(=O)NCCCOCC3CC3)cc2)cc1. The minimum atomic E-state index is -0.128. The van der Waals surface area contributed by atoms with Crippen LogP contribution < -0.4 is 14.8 Å². The van der Waals surface area contributed by atoms with E-state index >= 15 is 0 Å². The van der Waals surface area contributed by atoms with E-state index in [1.807, 2.05) is 43.3 Å². The lowest BCUT2D eigenvalue weighted by molar-refractivity contribution is -0.123. The smallest absolute Gasteiger partial charge is 0.257 e. The van der Waals surface area contributed by atoms with Gasteiger partial charge in [-0.1, -0.05) is 17.7 Å². The van der Waals surface area contributed by atoms with Crippen LogP contribution in [0.1, 0.15) is 24.8 Å². The molecular formula is C22H27NO4. The van der Waals surface area contributed by atoms with Crippen LogP contribution in [-0.4, -0.2) is 32.3 Å². The van der Waals surface area contributed by atoms with E-state index in [4.69, 9.17) is 14.2 Å². The Morgan fingerprint density at radius 3 is 2.30 bits per heavy atom. The number of ether oxygens (including phenoxy) is 3. The molecule has 5 nitrogen and oxygen atoms in total. The zero-order chi connectivity index (χ0) is 18.9. The summed E-state index contributed by atoms with van der Waals surface area (Å²) in [5.41, 5.74) is 1.19. The standard InChI is InChI=1S/C22H27NO4/c1-17-3-7-20(8-4-17)27-21-11-9-19(10-12-21)26-16-22(24)23-13-2-14-25-15-18-5-6-18/h3-4,7-12,18H,2,5-6,13-16H2,1H3,(H,23,24). The molecule has 0 radical (unpaired) electrons. The predicted octanol–water partition coefficient (Wildman–Crippen LogP) is 4.10. The quantitative estimate of drug-likeness (QED) is 0.606. The molecule has 0 heterocycles. The number of aryl methyl sites for hydroxylation is 1. The van der Waals surface area contributed by atoms with Crippen molar-refractivity contribution >= 4 is 5.91 Å². The molecule has 2 aromatic carbocycles. The summed E-state index contributed by atoms with van der Waals surface area (Å²) in [6.45, 7) is 4.20. The van der Waals surface area contributed by atoms with Crippen molar-refractivity contribution in [3.63, 3.8) is 0 Å². The van der Waals surface area contributed by atoms with E-state index in [0.29, 0.717) is 18.9 Å². The summed E-state index contributed by atoms with van der Waals surface area (Å²) in [4.78, 5) is 11.8. The second kappa shape index (κ2) is 9.97. The number of carbonyl (C=O) groups excluding carboxylic acids is 1. The average molecular weight is 369 g/mol. The van der Waals surface area contributed by atoms with Gasteiger partial charge in [0.05, 0.1) is 0 Å². The van der Waals surface area contributed by atoms with Gasteiger partial charge >= 0.3 is 0 Å². The second-order valence-electron chi connectivity index (χ2n) is 6.90. The number of amides is 1. The first kappa shape index (κ1) is 19.2. The number of benzene rings is 2. The average Bonchev–Trinajstić information content (AvgIpc) is 3.50. The molecule has 0 saturated heterocycles. The van der Waals surface area contributed by atoms with E-state index in [9.17, 15) is 4.79 Å². The minimum Gasteiger partial charge on any atom is -0.484 e. The van der Waals surface area contributed by atoms with Crippen LogP contribution in [0.2, 0.25) is 0 Å². The van der Waals surface area contributed by atoms with Crippen molar-refractivity contribution in [3.8, 4) is 17.2 Å². The molecule has 1 amide bonds. The van der Waals surface area contributed by atoms with E-state index in [0.717, 1.165) is 30.4 Å². The van der Waals surface area contributed by atoms with Crippen molar-refractivity contribution in [1.29, 1.82) is 0 Å². The van der Waals surface area contributed by atoms with E-state index in [2.05, 4.69) is 5.32 Å². The van der Waals surface area contributed by atoms with Crippen molar-refractivity contribution < 1.29 is 19.0 Å². The third-order valence-corrected chi connectivity index (χ3v) is 4.29. The van der Waals surface area contributed by atoms with Gasteiger partial charge in [-0.05, 0) is 68.5 Å². The molecule has 2 aromatic rings. The van der Waals surface area contributed by atoms with Gasteiger partial charge in [-0.2, -0.15) is 0 Å². The molecule has 3 rings (SSSR count). The maximum atomic E-state index is 11.8. The fourth-order valence-corrected chi connectivity index (χ4v) is 2.48. The van der Waals surface area contributed by atoms with Crippen LogP contribution in [0.15, 0.2) is 48.5 Å². The summed E-state index contributed by atoms with van der Waals surface area (Å²) in [6, 6.07) is 15.1. The van der Waals surface area contributed by atoms with Crippen LogP contribution in [0.3, 0.4) is 0 Å². The molecule has 1 aliphatic carbocycles. The van der Waals surface area contributed by atoms with Crippen molar-refractivity contribution in [2.75, 3.05) is 26.4 Å². The molecule has 5 heteroatoms. The predicted molar refractivity (Wildman–Crippen MR) is 104 cm³/mol. The Hall–Kier alpha value is -2.53. The zero-order valence-electron chi connectivity index (χ0n) is 15.8. The van der Waals surface area contributed by atoms with Gasteiger partial charge in [-0.25, -0.2) is 0 Å². The lowest BCUT2D eigenvalue weighted by Crippen LogP contribution is -2.30. The molecule has 0 aliphatic heterocycles. The molecule has 0 bridgehead atoms. The molecule has 0 unspecified atom stereocenters. The van der Waals surface area contributed by atoms with Gasteiger partial charge in [-0.15, -0.1) is 0 Å². The first-order valence-corrected chi connectivity index (χ1v) is 9.51. The second-order valence-corrected chi connectivity index (χ2v) is 6.90. The molecule has 27 heavy (non-hydrogen) atoms. The monoisotopic (exact) mass is 369 g/mol. The van der Waals surface area contributed by atoms with Crippen molar-refractivity contribution in [2.45, 2.75) is 26.2 Å². The molecule has 0 spiro atoms. The molecular weight excluding hydrogens is 342 g/mol. The van der Waals surface area contributed by atoms with Crippen LogP contribution in [0.25, 0.3) is 0 Å². The summed E-state index contributed by atoms with van der Waals surface area (Å²) < 4.78 is 16.8. The topological polar surface area (TPSA) is 56.8 Å². The Balaban J connectivity index is 1.30. The third kappa shape index (κ3) is 7.31. The molecule has 144 valence electrons. The zero-order valence-corrected chi connectivity index (χ0v) is 15.8. The minimum absolute atomic E-state index is 0.00109. The molecule has 1 fully saturated rings. The summed E-state index contributed by atoms with van der Waals surface area (Å²) in [5, 5.41) is 2.84. The van der Waals surface area contributed by atoms with Crippen LogP contribution in [0.5, 0.6) is 17.2 Å². The highest BCUT2D eigenvalue weighted by Gasteiger charge is 2.20. The highest BCUT2D eigenvalue weighted by Crippen LogP contribution is 2.28. The maximum absolute atomic E-state index is 11.8. The Morgan fingerprint density at radius 1 is 1.00 bits per heavy atom. The van der Waals surface area contributed by atoms with Gasteiger partial charge in [0.1, 0.15) is 17.2 Å². The lowest BCUT2D eigenvalue weighted by atomic mass is 10.2. The number of hydrogen-bond donors (Lipinski definition) is 1. The fraction of sp³-hybridized carbons (Fsp3) is 0.409. The number of hydrogen-bond acceptors (Lipinski definition) is 4. The van der Waals surface area contributed by atoms with Gasteiger partial charge in [0.15, 0.2) is 6.61 Å². The Labute approximate surface area is 160 Å². The fourth-order valence-electron chi connectivity index (χ4n) is 2.48. The van der Waals surface area contributed by atoms with E-state index in [-0.39, 0.29) is 12.5 Å². The molecule has 1 aliphatic rings. The first-order chi connectivity index (χ1) is 13.2. The normalized spacial score (nSPS) is 13.2. The summed E-state index contributed by atoms with van der Waals surface area (Å²) in [6.07, 6.45) is 3.42. The Morgan fingerprint density at radius 2 is 1.63 bits per heavy atom. The first-order valence-electron chi connectivity index (χ1n) is 9.51. The van der Waals surface area contributed by atoms with Crippen molar-refractivity contribution in [3.05, 3.63) is 54.1 Å². The van der Waals surface area contributed by atoms with Crippen molar-refractivity contribution in [1.82, 2.24) is 5.32 Å². The van der Waals surface area contributed by atoms with Gasteiger partial charge in [0.25, 0.3) is 5.91 Å². The number of rotatable bonds is 11. The van der Waals surface area contributed by atoms with Crippen molar-refractivity contribution in [2.24, 2.45) is 5.92 Å². The largest absolute Gasteiger partial charge is 0.484 e. The van der Waals surface area contributed by atoms with Crippen LogP contribution in [0, 0.1) is 12.8 Å². The molecule has 0 aromatic heterocycles. The highest BCUT2D eigenvalue weighted by molar-refractivity contribution is 5.77. The van der Waals surface area contributed by atoms with Crippen LogP contribution in [0.4, 0.5) is 0 Å². The van der Waals surface area contributed by atoms with Gasteiger partial charge in [0.2, 0.25) is 0 Å². The number of nitrogens with one attached hydrogen (secondary N) is 1. The Bertz CT molecular complexity index is 708. The molecule has 0 atom stereocenters. The lowest BCUT2D eigenvalue weighted by Gasteiger charge is -2.09. The molecule has 1 N–H and O–H groups in total. The van der Waals surface area contributed by atoms with Crippen LogP contribution in [-0.2, 0) is 9.53 Å². The highest BCUT2D eigenvalue weighted by atomic mass is 16.5. The van der Waals surface area contributed by atoms with Crippen LogP contribution >= 0.6 is 0 Å². The van der Waals surface area contributed by atoms with E-state index < -0.39 is 0 Å². The van der Waals surface area contributed by atoms with Gasteiger partial charge < -0.3 is 19.5 Å². The summed E-state index contributed by atoms with van der Waals surface area (Å²) in [7, 11) is 0. The van der Waals surface area contributed by atoms with E-state index in [1.165, 1.54) is 18.4 Å². The van der Waals surface area contributed by atoms with Gasteiger partial charge in [-0.3, -0.25) is 4.79 Å². The molecule has 1 saturated carbocycles. The van der Waals surface area contributed by atoms with E-state index in [1.54, 1.807) is 12.1 Å². The Kier molecular flexibility index (Phi) is 7.11. The number of carbonyl (C=O) groups is 1. The summed E-state index contributed by atoms with van der Waals surface area (Å²) in [5.74, 6) is 2.80. The third-order valence-electron chi connectivity index (χ3n) is 4.29. The van der Waals surface area contributed by atoms with Gasteiger partial charge in [0, 0.05) is 19.8 Å². The summed E-state index contributed by atoms with van der Waals surface area (Å²) >= 11 is 0.